The van der Waals surface area contributed by atoms with E-state index in [1.54, 1.807) is 37.3 Å². The number of ether oxygens (including phenoxy) is 1. The van der Waals surface area contributed by atoms with Crippen LogP contribution in [0.15, 0.2) is 65.6 Å². The average Bonchev–Trinajstić information content (AvgIpc) is 3.50. The molecule has 1 atom stereocenters. The van der Waals surface area contributed by atoms with Crippen molar-refractivity contribution < 1.29 is 14.3 Å². The first kappa shape index (κ1) is 25.9. The number of aromatic nitrogens is 4. The van der Waals surface area contributed by atoms with Gasteiger partial charge in [-0.2, -0.15) is 0 Å². The van der Waals surface area contributed by atoms with Crippen LogP contribution in [0.4, 0.5) is 5.82 Å². The molecule has 1 aliphatic heterocycles. The highest BCUT2D eigenvalue weighted by molar-refractivity contribution is 6.01. The summed E-state index contributed by atoms with van der Waals surface area (Å²) in [5, 5.41) is 6.73. The number of methoxy groups -OCH3 is 1. The molecule has 1 unspecified atom stereocenters. The van der Waals surface area contributed by atoms with Gasteiger partial charge in [0.15, 0.2) is 0 Å². The summed E-state index contributed by atoms with van der Waals surface area (Å²) in [6, 6.07) is 17.0. The van der Waals surface area contributed by atoms with Crippen molar-refractivity contribution in [2.75, 3.05) is 25.6 Å². The second-order valence-electron chi connectivity index (χ2n) is 9.33. The molecule has 2 aromatic carbocycles. The SMILES string of the molecule is CCc1c(-c2ccc(-n3c(OC)nn(C)c3=O)cc2)ccnc1N1CCC(c2cccc(C(=O)NC)c2)C1=O. The summed E-state index contributed by atoms with van der Waals surface area (Å²) in [6.45, 7) is 2.59. The van der Waals surface area contributed by atoms with E-state index in [0.717, 1.165) is 22.3 Å². The van der Waals surface area contributed by atoms with Crippen LogP contribution in [0.5, 0.6) is 6.01 Å². The van der Waals surface area contributed by atoms with Crippen molar-refractivity contribution in [2.45, 2.75) is 25.7 Å². The van der Waals surface area contributed by atoms with Gasteiger partial charge in [-0.25, -0.2) is 19.0 Å². The van der Waals surface area contributed by atoms with Gasteiger partial charge in [0.25, 0.3) is 5.91 Å². The molecular weight excluding hydrogens is 496 g/mol. The predicted octanol–water partition coefficient (Wildman–Crippen LogP) is 3.08. The van der Waals surface area contributed by atoms with Gasteiger partial charge in [0.1, 0.15) is 5.82 Å². The number of rotatable bonds is 7. The third-order valence-electron chi connectivity index (χ3n) is 7.14. The minimum absolute atomic E-state index is 0.0261. The van der Waals surface area contributed by atoms with E-state index in [-0.39, 0.29) is 29.4 Å². The van der Waals surface area contributed by atoms with Gasteiger partial charge in [-0.3, -0.25) is 14.5 Å². The van der Waals surface area contributed by atoms with Gasteiger partial charge in [-0.1, -0.05) is 31.2 Å². The van der Waals surface area contributed by atoms with Crippen molar-refractivity contribution >= 4 is 17.6 Å². The molecule has 2 aromatic heterocycles. The normalized spacial score (nSPS) is 15.0. The third-order valence-corrected chi connectivity index (χ3v) is 7.14. The van der Waals surface area contributed by atoms with Crippen LogP contribution in [0.25, 0.3) is 16.8 Å². The molecule has 10 nitrogen and oxygen atoms in total. The van der Waals surface area contributed by atoms with E-state index in [2.05, 4.69) is 15.4 Å². The third kappa shape index (κ3) is 4.58. The van der Waals surface area contributed by atoms with Crippen LogP contribution in [0, 0.1) is 0 Å². The lowest BCUT2D eigenvalue weighted by Gasteiger charge is -2.21. The van der Waals surface area contributed by atoms with Gasteiger partial charge in [0, 0.05) is 38.0 Å². The number of pyridine rings is 1. The van der Waals surface area contributed by atoms with Crippen LogP contribution in [-0.4, -0.2) is 51.8 Å². The predicted molar refractivity (Wildman–Crippen MR) is 148 cm³/mol. The fraction of sp³-hybridized carbons (Fsp3) is 0.276. The lowest BCUT2D eigenvalue weighted by atomic mass is 9.95. The molecule has 1 N–H and O–H groups in total. The molecule has 4 aromatic rings. The standard InChI is InChI=1S/C29H30N6O4/c1-5-22-23(18-9-11-21(12-10-18)35-28(39-4)32-33(3)29(35)38)13-15-31-25(22)34-16-14-24(27(34)37)19-7-6-8-20(17-19)26(36)30-2/h6-13,15,17,24H,5,14,16H2,1-4H3,(H,30,36). The van der Waals surface area contributed by atoms with Crippen LogP contribution in [-0.2, 0) is 18.3 Å². The number of aryl methyl sites for hydroxylation is 1. The lowest BCUT2D eigenvalue weighted by molar-refractivity contribution is -0.118. The van der Waals surface area contributed by atoms with Crippen molar-refractivity contribution in [1.29, 1.82) is 0 Å². The van der Waals surface area contributed by atoms with Crippen LogP contribution in [0.1, 0.15) is 40.7 Å². The summed E-state index contributed by atoms with van der Waals surface area (Å²) in [6.07, 6.45) is 3.04. The Labute approximate surface area is 225 Å². The van der Waals surface area contributed by atoms with E-state index < -0.39 is 0 Å². The maximum absolute atomic E-state index is 13.6. The highest BCUT2D eigenvalue weighted by Gasteiger charge is 2.36. The summed E-state index contributed by atoms with van der Waals surface area (Å²) in [5.41, 5.74) is 4.57. The first-order chi connectivity index (χ1) is 18.9. The van der Waals surface area contributed by atoms with Crippen molar-refractivity contribution in [1.82, 2.24) is 24.6 Å². The zero-order valence-electron chi connectivity index (χ0n) is 22.3. The largest absolute Gasteiger partial charge is 0.467 e. The maximum atomic E-state index is 13.6. The Bertz CT molecular complexity index is 1610. The Morgan fingerprint density at radius 3 is 2.59 bits per heavy atom. The fourth-order valence-corrected chi connectivity index (χ4v) is 5.16. The summed E-state index contributed by atoms with van der Waals surface area (Å²) >= 11 is 0. The number of benzene rings is 2. The maximum Gasteiger partial charge on any atom is 0.353 e. The van der Waals surface area contributed by atoms with E-state index in [9.17, 15) is 14.4 Å². The number of nitrogens with one attached hydrogen (secondary N) is 1. The minimum atomic E-state index is -0.336. The second-order valence-corrected chi connectivity index (χ2v) is 9.33. The topological polar surface area (TPSA) is 111 Å². The van der Waals surface area contributed by atoms with E-state index >= 15 is 0 Å². The Morgan fingerprint density at radius 2 is 1.90 bits per heavy atom. The first-order valence-corrected chi connectivity index (χ1v) is 12.8. The van der Waals surface area contributed by atoms with Gasteiger partial charge in [-0.05, 0) is 59.9 Å². The fourth-order valence-electron chi connectivity index (χ4n) is 5.16. The van der Waals surface area contributed by atoms with E-state index in [1.165, 1.54) is 16.4 Å². The van der Waals surface area contributed by atoms with Gasteiger partial charge >= 0.3 is 11.7 Å². The number of amides is 2. The molecule has 10 heteroatoms. The highest BCUT2D eigenvalue weighted by Crippen LogP contribution is 2.36. The molecule has 0 aliphatic carbocycles. The van der Waals surface area contributed by atoms with Crippen LogP contribution < -0.4 is 20.6 Å². The molecule has 0 radical (unpaired) electrons. The lowest BCUT2D eigenvalue weighted by Crippen LogP contribution is -2.28. The zero-order valence-corrected chi connectivity index (χ0v) is 22.3. The van der Waals surface area contributed by atoms with E-state index in [1.807, 2.05) is 49.4 Å². The molecule has 0 spiro atoms. The van der Waals surface area contributed by atoms with Crippen LogP contribution in [0.3, 0.4) is 0 Å². The Balaban J connectivity index is 1.46. The Kier molecular flexibility index (Phi) is 7.02. The van der Waals surface area contributed by atoms with Gasteiger partial charge in [0.2, 0.25) is 5.91 Å². The number of anilines is 1. The molecule has 1 saturated heterocycles. The number of carbonyl (C=O) groups is 2. The quantitative estimate of drug-likeness (QED) is 0.396. The summed E-state index contributed by atoms with van der Waals surface area (Å²) in [5.74, 6) is 0.109. The molecule has 1 aliphatic rings. The van der Waals surface area contributed by atoms with Crippen molar-refractivity contribution in [3.63, 3.8) is 0 Å². The molecule has 0 bridgehead atoms. The molecule has 39 heavy (non-hydrogen) atoms. The molecule has 200 valence electrons. The van der Waals surface area contributed by atoms with E-state index in [0.29, 0.717) is 36.5 Å². The van der Waals surface area contributed by atoms with E-state index in [4.69, 9.17) is 4.74 Å². The van der Waals surface area contributed by atoms with Crippen LogP contribution >= 0.6 is 0 Å². The average molecular weight is 527 g/mol. The van der Waals surface area contributed by atoms with Crippen LogP contribution in [0.2, 0.25) is 0 Å². The molecule has 0 saturated carbocycles. The minimum Gasteiger partial charge on any atom is -0.467 e. The first-order valence-electron chi connectivity index (χ1n) is 12.8. The molecule has 1 fully saturated rings. The van der Waals surface area contributed by atoms with Crippen molar-refractivity contribution in [2.24, 2.45) is 7.05 Å². The summed E-state index contributed by atoms with van der Waals surface area (Å²) in [7, 11) is 4.64. The number of nitrogens with zero attached hydrogens (tertiary/aromatic N) is 5. The van der Waals surface area contributed by atoms with Crippen molar-refractivity contribution in [3.05, 3.63) is 88.0 Å². The monoisotopic (exact) mass is 526 g/mol. The highest BCUT2D eigenvalue weighted by atomic mass is 16.5. The molecular formula is C29H30N6O4. The van der Waals surface area contributed by atoms with Gasteiger partial charge in [0.05, 0.1) is 18.7 Å². The molecule has 2 amide bonds. The summed E-state index contributed by atoms with van der Waals surface area (Å²) in [4.78, 5) is 44.6. The second kappa shape index (κ2) is 10.6. The Morgan fingerprint density at radius 1 is 1.13 bits per heavy atom. The number of hydrogen-bond acceptors (Lipinski definition) is 6. The number of carbonyl (C=O) groups excluding carboxylic acids is 2. The summed E-state index contributed by atoms with van der Waals surface area (Å²) < 4.78 is 7.90. The Hall–Kier alpha value is -4.73. The smallest absolute Gasteiger partial charge is 0.353 e. The zero-order chi connectivity index (χ0) is 27.7. The molecule has 5 rings (SSSR count). The van der Waals surface area contributed by atoms with Gasteiger partial charge in [-0.15, -0.1) is 5.10 Å². The van der Waals surface area contributed by atoms with Gasteiger partial charge < -0.3 is 10.1 Å². The molecule has 3 heterocycles. The van der Waals surface area contributed by atoms with Crippen molar-refractivity contribution in [3.8, 4) is 22.8 Å². The number of hydrogen-bond donors (Lipinski definition) is 1.